The van der Waals surface area contributed by atoms with E-state index in [0.717, 1.165) is 49.6 Å². The number of hydrogen-bond donors (Lipinski definition) is 2. The van der Waals surface area contributed by atoms with E-state index in [1.807, 2.05) is 20.0 Å². The molecule has 0 aromatic carbocycles. The summed E-state index contributed by atoms with van der Waals surface area (Å²) in [5.41, 5.74) is 6.03. The Hall–Kier alpha value is -2.54. The van der Waals surface area contributed by atoms with Crippen LogP contribution in [-0.4, -0.2) is 47.0 Å². The standard InChI is InChI=1S/C22H30N6O/c1-14-15(2)26-20(22(29)23-3)27-21(14)28-11-9-17(13-28)25-12-19-18-7-5-4-6-16(18)8-10-24-19/h8,10,17,25H,4-7,9,11-13H2,1-3H3,(H,23,29)/t17-/m1/s1. The summed E-state index contributed by atoms with van der Waals surface area (Å²) in [6, 6.07) is 2.56. The van der Waals surface area contributed by atoms with Crippen LogP contribution >= 0.6 is 0 Å². The van der Waals surface area contributed by atoms with Gasteiger partial charge < -0.3 is 15.5 Å². The Morgan fingerprint density at radius 3 is 2.90 bits per heavy atom. The Morgan fingerprint density at radius 2 is 2.07 bits per heavy atom. The minimum atomic E-state index is -0.247. The molecular formula is C22H30N6O. The van der Waals surface area contributed by atoms with Gasteiger partial charge in [0.25, 0.3) is 5.91 Å². The molecule has 2 aromatic rings. The van der Waals surface area contributed by atoms with E-state index in [1.165, 1.54) is 36.1 Å². The molecule has 1 fully saturated rings. The summed E-state index contributed by atoms with van der Waals surface area (Å²) >= 11 is 0. The maximum absolute atomic E-state index is 12.0. The van der Waals surface area contributed by atoms with Crippen LogP contribution in [0.2, 0.25) is 0 Å². The van der Waals surface area contributed by atoms with Gasteiger partial charge in [-0.1, -0.05) is 0 Å². The zero-order valence-corrected chi connectivity index (χ0v) is 17.6. The van der Waals surface area contributed by atoms with Gasteiger partial charge >= 0.3 is 0 Å². The fraction of sp³-hybridized carbons (Fsp3) is 0.545. The smallest absolute Gasteiger partial charge is 0.288 e. The SMILES string of the molecule is CNC(=O)c1nc(C)c(C)c(N2CC[C@@H](NCc3nccc4c3CCCC4)C2)n1. The molecule has 0 unspecified atom stereocenters. The van der Waals surface area contributed by atoms with Crippen molar-refractivity contribution < 1.29 is 4.79 Å². The first-order valence-corrected chi connectivity index (χ1v) is 10.6. The second-order valence-corrected chi connectivity index (χ2v) is 8.08. The summed E-state index contributed by atoms with van der Waals surface area (Å²) in [5, 5.41) is 6.32. The summed E-state index contributed by atoms with van der Waals surface area (Å²) in [4.78, 5) is 27.8. The van der Waals surface area contributed by atoms with Crippen molar-refractivity contribution in [1.29, 1.82) is 0 Å². The Bertz CT molecular complexity index is 912. The lowest BCUT2D eigenvalue weighted by atomic mass is 9.91. The van der Waals surface area contributed by atoms with Crippen LogP contribution in [0.1, 0.15) is 58.0 Å². The zero-order valence-electron chi connectivity index (χ0n) is 17.6. The molecule has 2 aromatic heterocycles. The van der Waals surface area contributed by atoms with Crippen LogP contribution in [0.15, 0.2) is 12.3 Å². The number of aryl methyl sites for hydroxylation is 2. The van der Waals surface area contributed by atoms with Gasteiger partial charge in [0.2, 0.25) is 5.82 Å². The van der Waals surface area contributed by atoms with Gasteiger partial charge in [0.05, 0.1) is 5.69 Å². The van der Waals surface area contributed by atoms with Crippen molar-refractivity contribution in [2.24, 2.45) is 0 Å². The van der Waals surface area contributed by atoms with Crippen LogP contribution in [0.3, 0.4) is 0 Å². The topological polar surface area (TPSA) is 83.0 Å². The first-order chi connectivity index (χ1) is 14.1. The quantitative estimate of drug-likeness (QED) is 0.808. The highest BCUT2D eigenvalue weighted by Gasteiger charge is 2.26. The Labute approximate surface area is 172 Å². The number of nitrogens with zero attached hydrogens (tertiary/aromatic N) is 4. The van der Waals surface area contributed by atoms with Crippen LogP contribution in [-0.2, 0) is 19.4 Å². The highest BCUT2D eigenvalue weighted by atomic mass is 16.2. The van der Waals surface area contributed by atoms with Gasteiger partial charge in [-0.3, -0.25) is 9.78 Å². The van der Waals surface area contributed by atoms with Gasteiger partial charge in [-0.15, -0.1) is 0 Å². The second kappa shape index (κ2) is 8.45. The molecule has 1 saturated heterocycles. The normalized spacial score (nSPS) is 18.6. The van der Waals surface area contributed by atoms with Crippen molar-refractivity contribution >= 4 is 11.7 Å². The molecule has 0 spiro atoms. The molecule has 1 aliphatic heterocycles. The van der Waals surface area contributed by atoms with Crippen molar-refractivity contribution in [3.63, 3.8) is 0 Å². The Balaban J connectivity index is 1.44. The van der Waals surface area contributed by atoms with Crippen molar-refractivity contribution in [1.82, 2.24) is 25.6 Å². The minimum Gasteiger partial charge on any atom is -0.355 e. The highest BCUT2D eigenvalue weighted by Crippen LogP contribution is 2.25. The van der Waals surface area contributed by atoms with E-state index in [2.05, 4.69) is 36.6 Å². The molecule has 7 heteroatoms. The van der Waals surface area contributed by atoms with Crippen molar-refractivity contribution in [3.8, 4) is 0 Å². The van der Waals surface area contributed by atoms with E-state index >= 15 is 0 Å². The van der Waals surface area contributed by atoms with E-state index in [9.17, 15) is 4.79 Å². The third-order valence-electron chi connectivity index (χ3n) is 6.20. The first-order valence-electron chi connectivity index (χ1n) is 10.6. The lowest BCUT2D eigenvalue weighted by Gasteiger charge is -2.22. The van der Waals surface area contributed by atoms with Gasteiger partial charge in [0.1, 0.15) is 5.82 Å². The molecule has 3 heterocycles. The average Bonchev–Trinajstić information content (AvgIpc) is 3.22. The predicted octanol–water partition coefficient (Wildman–Crippen LogP) is 2.10. The maximum atomic E-state index is 12.0. The number of carbonyl (C=O) groups is 1. The van der Waals surface area contributed by atoms with E-state index in [4.69, 9.17) is 0 Å². The molecular weight excluding hydrogens is 364 g/mol. The first kappa shape index (κ1) is 19.8. The molecule has 1 aliphatic carbocycles. The summed E-state index contributed by atoms with van der Waals surface area (Å²) in [7, 11) is 1.60. The van der Waals surface area contributed by atoms with E-state index in [1.54, 1.807) is 7.05 Å². The fourth-order valence-electron chi connectivity index (χ4n) is 4.38. The molecule has 1 atom stereocenters. The van der Waals surface area contributed by atoms with E-state index in [0.29, 0.717) is 6.04 Å². The van der Waals surface area contributed by atoms with Crippen LogP contribution in [0.25, 0.3) is 0 Å². The van der Waals surface area contributed by atoms with Crippen LogP contribution < -0.4 is 15.5 Å². The molecule has 7 nitrogen and oxygen atoms in total. The van der Waals surface area contributed by atoms with E-state index < -0.39 is 0 Å². The lowest BCUT2D eigenvalue weighted by Crippen LogP contribution is -2.33. The van der Waals surface area contributed by atoms with E-state index in [-0.39, 0.29) is 11.7 Å². The molecule has 0 saturated carbocycles. The Kier molecular flexibility index (Phi) is 5.76. The minimum absolute atomic E-state index is 0.238. The third kappa shape index (κ3) is 4.10. The van der Waals surface area contributed by atoms with Crippen molar-refractivity contribution in [3.05, 3.63) is 46.2 Å². The predicted molar refractivity (Wildman–Crippen MR) is 113 cm³/mol. The Morgan fingerprint density at radius 1 is 1.24 bits per heavy atom. The second-order valence-electron chi connectivity index (χ2n) is 8.08. The average molecular weight is 395 g/mol. The molecule has 4 rings (SSSR count). The number of amides is 1. The van der Waals surface area contributed by atoms with Gasteiger partial charge in [-0.2, -0.15) is 0 Å². The monoisotopic (exact) mass is 394 g/mol. The third-order valence-corrected chi connectivity index (χ3v) is 6.20. The highest BCUT2D eigenvalue weighted by molar-refractivity contribution is 5.90. The number of fused-ring (bicyclic) bond motifs is 1. The molecule has 2 N–H and O–H groups in total. The molecule has 1 amide bonds. The summed E-state index contributed by atoms with van der Waals surface area (Å²) in [6.45, 7) is 6.57. The molecule has 0 radical (unpaired) electrons. The zero-order chi connectivity index (χ0) is 20.4. The summed E-state index contributed by atoms with van der Waals surface area (Å²) < 4.78 is 0. The lowest BCUT2D eigenvalue weighted by molar-refractivity contribution is 0.0952. The summed E-state index contributed by atoms with van der Waals surface area (Å²) in [5.74, 6) is 0.862. The van der Waals surface area contributed by atoms with Gasteiger partial charge in [-0.25, -0.2) is 9.97 Å². The molecule has 154 valence electrons. The molecule has 2 aliphatic rings. The van der Waals surface area contributed by atoms with Gasteiger partial charge in [0.15, 0.2) is 0 Å². The number of anilines is 1. The largest absolute Gasteiger partial charge is 0.355 e. The molecule has 29 heavy (non-hydrogen) atoms. The summed E-state index contributed by atoms with van der Waals surface area (Å²) in [6.07, 6.45) is 7.89. The van der Waals surface area contributed by atoms with Crippen LogP contribution in [0.5, 0.6) is 0 Å². The fourth-order valence-corrected chi connectivity index (χ4v) is 4.38. The van der Waals surface area contributed by atoms with Gasteiger partial charge in [0, 0.05) is 50.2 Å². The number of nitrogens with one attached hydrogen (secondary N) is 2. The van der Waals surface area contributed by atoms with Crippen LogP contribution in [0.4, 0.5) is 5.82 Å². The van der Waals surface area contributed by atoms with Crippen LogP contribution in [0, 0.1) is 13.8 Å². The number of rotatable bonds is 5. The number of aromatic nitrogens is 3. The van der Waals surface area contributed by atoms with Crippen molar-refractivity contribution in [2.45, 2.75) is 58.5 Å². The number of pyridine rings is 1. The van der Waals surface area contributed by atoms with Crippen molar-refractivity contribution in [2.75, 3.05) is 25.0 Å². The van der Waals surface area contributed by atoms with Gasteiger partial charge in [-0.05, 0) is 63.1 Å². The maximum Gasteiger partial charge on any atom is 0.288 e. The molecule has 0 bridgehead atoms. The number of hydrogen-bond acceptors (Lipinski definition) is 6. The number of carbonyl (C=O) groups excluding carboxylic acids is 1.